The highest BCUT2D eigenvalue weighted by molar-refractivity contribution is 5.43. The summed E-state index contributed by atoms with van der Waals surface area (Å²) in [4.78, 5) is 1.22. The van der Waals surface area contributed by atoms with Gasteiger partial charge in [-0.05, 0) is 12.1 Å². The molecule has 0 bridgehead atoms. The van der Waals surface area contributed by atoms with E-state index in [1.54, 1.807) is 0 Å². The second-order valence-electron chi connectivity index (χ2n) is 5.18. The van der Waals surface area contributed by atoms with Crippen molar-refractivity contribution in [1.82, 2.24) is 10.2 Å². The second-order valence-corrected chi connectivity index (χ2v) is 5.18. The Morgan fingerprint density at radius 2 is 1.71 bits per heavy atom. The number of hydrogen-bond donors (Lipinski definition) is 1. The molecule has 1 N–H and O–H groups in total. The molecule has 24 heavy (non-hydrogen) atoms. The summed E-state index contributed by atoms with van der Waals surface area (Å²) in [6.45, 7) is 1.11. The molecule has 0 spiro atoms. The van der Waals surface area contributed by atoms with Crippen LogP contribution in [-0.4, -0.2) is 50.7 Å². The van der Waals surface area contributed by atoms with Crippen LogP contribution in [0.15, 0.2) is 18.2 Å². The fourth-order valence-corrected chi connectivity index (χ4v) is 2.63. The predicted molar refractivity (Wildman–Crippen MR) is 72.9 cm³/mol. The van der Waals surface area contributed by atoms with E-state index in [9.17, 15) is 26.3 Å². The summed E-state index contributed by atoms with van der Waals surface area (Å²) in [5.41, 5.74) is -0.249. The number of alkyl halides is 6. The first-order valence-electron chi connectivity index (χ1n) is 7.07. The van der Waals surface area contributed by atoms with Crippen molar-refractivity contribution in [3.63, 3.8) is 0 Å². The second kappa shape index (κ2) is 7.06. The van der Waals surface area contributed by atoms with E-state index in [0.717, 1.165) is 25.3 Å². The molecule has 2 rings (SSSR count). The maximum atomic E-state index is 13.5. The number of hydrogen-bond acceptors (Lipinski definition) is 4. The average molecular weight is 358 g/mol. The number of halogens is 6. The monoisotopic (exact) mass is 358 g/mol. The molecule has 4 nitrogen and oxygen atoms in total. The van der Waals surface area contributed by atoms with Gasteiger partial charge in [-0.2, -0.15) is 13.2 Å². The highest BCUT2D eigenvalue weighted by Gasteiger charge is 2.46. The van der Waals surface area contributed by atoms with E-state index in [0.29, 0.717) is 13.1 Å². The molecule has 1 aromatic carbocycles. The van der Waals surface area contributed by atoms with Crippen LogP contribution in [0.4, 0.5) is 26.3 Å². The first-order valence-corrected chi connectivity index (χ1v) is 7.07. The van der Waals surface area contributed by atoms with E-state index in [-0.39, 0.29) is 24.4 Å². The molecule has 1 saturated heterocycles. The van der Waals surface area contributed by atoms with Gasteiger partial charge in [0, 0.05) is 37.8 Å². The summed E-state index contributed by atoms with van der Waals surface area (Å²) in [5.74, 6) is -0.943. The summed E-state index contributed by atoms with van der Waals surface area (Å²) >= 11 is 0. The first-order chi connectivity index (χ1) is 11.1. The molecule has 0 saturated carbocycles. The van der Waals surface area contributed by atoms with Crippen LogP contribution in [0.3, 0.4) is 0 Å². The van der Waals surface area contributed by atoms with Crippen molar-refractivity contribution in [1.29, 1.82) is 0 Å². The third kappa shape index (κ3) is 4.67. The zero-order valence-corrected chi connectivity index (χ0v) is 12.7. The normalized spacial score (nSPS) is 18.3. The Labute approximate surface area is 134 Å². The lowest BCUT2D eigenvalue weighted by molar-refractivity contribution is -0.274. The maximum absolute atomic E-state index is 13.5. The molecule has 1 aliphatic heterocycles. The molecule has 0 aromatic heterocycles. The smallest absolute Gasteiger partial charge is 0.496 e. The van der Waals surface area contributed by atoms with Crippen molar-refractivity contribution in [2.75, 3.05) is 33.3 Å². The zero-order chi connectivity index (χ0) is 18.0. The average Bonchev–Trinajstić information content (AvgIpc) is 2.47. The molecule has 1 heterocycles. The van der Waals surface area contributed by atoms with Crippen molar-refractivity contribution >= 4 is 0 Å². The van der Waals surface area contributed by atoms with Gasteiger partial charge in [-0.1, -0.05) is 0 Å². The van der Waals surface area contributed by atoms with Crippen LogP contribution in [-0.2, 0) is 0 Å². The van der Waals surface area contributed by atoms with Crippen molar-refractivity contribution in [2.45, 2.75) is 18.6 Å². The van der Waals surface area contributed by atoms with E-state index in [1.807, 2.05) is 0 Å². The number of ether oxygens (including phenoxy) is 2. The molecule has 1 atom stereocenters. The molecule has 1 aliphatic rings. The quantitative estimate of drug-likeness (QED) is 0.839. The molecule has 136 valence electrons. The van der Waals surface area contributed by atoms with Crippen LogP contribution in [0, 0.1) is 0 Å². The molecular weight excluding hydrogens is 342 g/mol. The highest BCUT2D eigenvalue weighted by atomic mass is 19.4. The van der Waals surface area contributed by atoms with Gasteiger partial charge in [0.25, 0.3) is 0 Å². The minimum Gasteiger partial charge on any atom is -0.496 e. The summed E-state index contributed by atoms with van der Waals surface area (Å²) in [7, 11) is 1.10. The van der Waals surface area contributed by atoms with Crippen LogP contribution in [0.25, 0.3) is 0 Å². The lowest BCUT2D eigenvalue weighted by atomic mass is 10.0. The topological polar surface area (TPSA) is 33.7 Å². The van der Waals surface area contributed by atoms with E-state index >= 15 is 0 Å². The number of rotatable bonds is 4. The van der Waals surface area contributed by atoms with Gasteiger partial charge in [-0.3, -0.25) is 4.90 Å². The third-order valence-corrected chi connectivity index (χ3v) is 3.56. The molecule has 0 unspecified atom stereocenters. The van der Waals surface area contributed by atoms with Crippen molar-refractivity contribution in [3.05, 3.63) is 23.8 Å². The van der Waals surface area contributed by atoms with E-state index in [2.05, 4.69) is 10.1 Å². The van der Waals surface area contributed by atoms with Crippen LogP contribution >= 0.6 is 0 Å². The standard InChI is InChI=1S/C14H16F6N2O2/c1-23-11-8-9(24-14(18,19)20)2-3-10(11)12(13(15,16)17)22-6-4-21-5-7-22/h2-3,8,12,21H,4-7H2,1H3/t12-/m1/s1. The van der Waals surface area contributed by atoms with Gasteiger partial charge >= 0.3 is 12.5 Å². The fraction of sp³-hybridized carbons (Fsp3) is 0.571. The van der Waals surface area contributed by atoms with Gasteiger partial charge in [-0.15, -0.1) is 13.2 Å². The van der Waals surface area contributed by atoms with Gasteiger partial charge in [0.2, 0.25) is 0 Å². The molecule has 1 aromatic rings. The van der Waals surface area contributed by atoms with Gasteiger partial charge in [0.05, 0.1) is 7.11 Å². The number of nitrogens with zero attached hydrogens (tertiary/aromatic N) is 1. The third-order valence-electron chi connectivity index (χ3n) is 3.56. The van der Waals surface area contributed by atoms with Crippen LogP contribution in [0.2, 0.25) is 0 Å². The van der Waals surface area contributed by atoms with E-state index in [4.69, 9.17) is 4.74 Å². The fourth-order valence-electron chi connectivity index (χ4n) is 2.63. The lowest BCUT2D eigenvalue weighted by Gasteiger charge is -2.36. The summed E-state index contributed by atoms with van der Waals surface area (Å²) < 4.78 is 86.0. The Kier molecular flexibility index (Phi) is 5.49. The molecule has 0 amide bonds. The van der Waals surface area contributed by atoms with Crippen LogP contribution < -0.4 is 14.8 Å². The molecule has 0 radical (unpaired) electrons. The first kappa shape index (κ1) is 18.7. The van der Waals surface area contributed by atoms with Gasteiger partial charge in [0.15, 0.2) is 0 Å². The lowest BCUT2D eigenvalue weighted by Crippen LogP contribution is -2.49. The Hall–Kier alpha value is -1.68. The van der Waals surface area contributed by atoms with E-state index in [1.165, 1.54) is 4.90 Å². The number of benzene rings is 1. The number of nitrogens with one attached hydrogen (secondary N) is 1. The Morgan fingerprint density at radius 1 is 1.08 bits per heavy atom. The van der Waals surface area contributed by atoms with Gasteiger partial charge in [-0.25, -0.2) is 0 Å². The largest absolute Gasteiger partial charge is 0.573 e. The zero-order valence-electron chi connectivity index (χ0n) is 12.7. The summed E-state index contributed by atoms with van der Waals surface area (Å²) in [5, 5.41) is 2.95. The molecular formula is C14H16F6N2O2. The molecule has 1 fully saturated rings. The Morgan fingerprint density at radius 3 is 2.21 bits per heavy atom. The number of piperazine rings is 1. The van der Waals surface area contributed by atoms with Crippen molar-refractivity contribution in [3.8, 4) is 11.5 Å². The summed E-state index contributed by atoms with van der Waals surface area (Å²) in [6.07, 6.45) is -9.54. The Bertz CT molecular complexity index is 555. The molecule has 10 heteroatoms. The van der Waals surface area contributed by atoms with E-state index < -0.39 is 24.3 Å². The predicted octanol–water partition coefficient (Wildman–Crippen LogP) is 3.10. The molecule has 0 aliphatic carbocycles. The number of methoxy groups -OCH3 is 1. The summed E-state index contributed by atoms with van der Waals surface area (Å²) in [6, 6.07) is 0.658. The van der Waals surface area contributed by atoms with Crippen LogP contribution in [0.5, 0.6) is 11.5 Å². The maximum Gasteiger partial charge on any atom is 0.573 e. The Balaban J connectivity index is 2.38. The van der Waals surface area contributed by atoms with Gasteiger partial charge in [0.1, 0.15) is 17.5 Å². The minimum absolute atomic E-state index is 0.161. The van der Waals surface area contributed by atoms with Crippen molar-refractivity contribution in [2.24, 2.45) is 0 Å². The highest BCUT2D eigenvalue weighted by Crippen LogP contribution is 2.43. The minimum atomic E-state index is -4.94. The van der Waals surface area contributed by atoms with Crippen LogP contribution in [0.1, 0.15) is 11.6 Å². The SMILES string of the molecule is COc1cc(OC(F)(F)F)ccc1[C@@H](N1CCNCC1)C(F)(F)F. The van der Waals surface area contributed by atoms with Crippen molar-refractivity contribution < 1.29 is 35.8 Å². The van der Waals surface area contributed by atoms with Gasteiger partial charge < -0.3 is 14.8 Å².